The van der Waals surface area contributed by atoms with Gasteiger partial charge in [0.15, 0.2) is 0 Å². The molecule has 0 aliphatic carbocycles. The Kier molecular flexibility index (Phi) is 3.83. The Balaban J connectivity index is 1.97. The highest BCUT2D eigenvalue weighted by molar-refractivity contribution is 5.53. The van der Waals surface area contributed by atoms with E-state index in [0.717, 1.165) is 5.56 Å². The van der Waals surface area contributed by atoms with Crippen LogP contribution in [0.25, 0.3) is 0 Å². The van der Waals surface area contributed by atoms with Crippen molar-refractivity contribution in [3.63, 3.8) is 0 Å². The Morgan fingerprint density at radius 1 is 1.22 bits per heavy atom. The number of hydrogen-bond acceptors (Lipinski definition) is 5. The van der Waals surface area contributed by atoms with Gasteiger partial charge in [-0.15, -0.1) is 0 Å². The second-order valence-corrected chi connectivity index (χ2v) is 3.50. The molecule has 92 valence electrons. The third kappa shape index (κ3) is 3.02. The Morgan fingerprint density at radius 2 is 2.00 bits per heavy atom. The van der Waals surface area contributed by atoms with Crippen LogP contribution in [0.2, 0.25) is 0 Å². The first-order valence-corrected chi connectivity index (χ1v) is 5.28. The van der Waals surface area contributed by atoms with Gasteiger partial charge in [0.05, 0.1) is 11.5 Å². The molecule has 0 fully saturated rings. The van der Waals surface area contributed by atoms with Crippen molar-refractivity contribution in [2.24, 2.45) is 0 Å². The fraction of sp³-hybridized carbons (Fsp3) is 0.0833. The number of anilines is 1. The summed E-state index contributed by atoms with van der Waals surface area (Å²) in [4.78, 5) is 19.2. The smallest absolute Gasteiger partial charge is 0.270 e. The summed E-state index contributed by atoms with van der Waals surface area (Å²) in [6.07, 6.45) is 1.46. The van der Waals surface area contributed by atoms with Crippen LogP contribution >= 0.6 is 0 Å². The molecule has 2 aromatic rings. The average Bonchev–Trinajstić information content (AvgIpc) is 2.40. The molecule has 6 heteroatoms. The first kappa shape index (κ1) is 12.0. The largest absolute Gasteiger partial charge is 0.313 e. The highest BCUT2D eigenvalue weighted by Gasteiger charge is 2.13. The van der Waals surface area contributed by atoms with E-state index >= 15 is 0 Å². The topological polar surface area (TPSA) is 77.3 Å². The fourth-order valence-corrected chi connectivity index (χ4v) is 1.38. The van der Waals surface area contributed by atoms with Crippen molar-refractivity contribution in [3.8, 4) is 0 Å². The van der Waals surface area contributed by atoms with Crippen molar-refractivity contribution in [1.82, 2.24) is 4.98 Å². The van der Waals surface area contributed by atoms with Crippen LogP contribution in [0.5, 0.6) is 0 Å². The Bertz CT molecular complexity index is 531. The van der Waals surface area contributed by atoms with Gasteiger partial charge in [0.1, 0.15) is 0 Å². The summed E-state index contributed by atoms with van der Waals surface area (Å²) >= 11 is 0. The molecule has 18 heavy (non-hydrogen) atoms. The minimum Gasteiger partial charge on any atom is -0.270 e. The van der Waals surface area contributed by atoms with E-state index in [0.29, 0.717) is 6.61 Å². The maximum absolute atomic E-state index is 10.7. The van der Waals surface area contributed by atoms with Gasteiger partial charge in [-0.05, 0) is 11.6 Å². The lowest BCUT2D eigenvalue weighted by molar-refractivity contribution is -0.384. The molecule has 0 unspecified atom stereocenters. The molecule has 0 aliphatic heterocycles. The van der Waals surface area contributed by atoms with Crippen LogP contribution in [0.1, 0.15) is 5.56 Å². The summed E-state index contributed by atoms with van der Waals surface area (Å²) < 4.78 is 0. The maximum atomic E-state index is 10.7. The van der Waals surface area contributed by atoms with Crippen molar-refractivity contribution >= 4 is 11.5 Å². The van der Waals surface area contributed by atoms with Gasteiger partial charge < -0.3 is 0 Å². The predicted octanol–water partition coefficient (Wildman–Crippen LogP) is 2.53. The van der Waals surface area contributed by atoms with Crippen LogP contribution in [0, 0.1) is 10.1 Å². The first-order chi connectivity index (χ1) is 8.77. The molecule has 6 nitrogen and oxygen atoms in total. The SMILES string of the molecule is O=[N+]([O-])c1cccnc1NOCc1ccccc1. The molecule has 0 aliphatic rings. The van der Waals surface area contributed by atoms with Gasteiger partial charge in [-0.2, -0.15) is 0 Å². The third-order valence-corrected chi connectivity index (χ3v) is 2.23. The molecule has 0 radical (unpaired) electrons. The van der Waals surface area contributed by atoms with Crippen LogP contribution in [-0.4, -0.2) is 9.91 Å². The average molecular weight is 245 g/mol. The summed E-state index contributed by atoms with van der Waals surface area (Å²) in [5.74, 6) is 0.0958. The van der Waals surface area contributed by atoms with Crippen LogP contribution in [0.15, 0.2) is 48.7 Å². The minimum atomic E-state index is -0.513. The molecule has 1 N–H and O–H groups in total. The number of nitrogens with zero attached hydrogens (tertiary/aromatic N) is 2. The van der Waals surface area contributed by atoms with E-state index in [2.05, 4.69) is 10.5 Å². The van der Waals surface area contributed by atoms with E-state index in [4.69, 9.17) is 4.84 Å². The number of benzene rings is 1. The van der Waals surface area contributed by atoms with Gasteiger partial charge in [-0.3, -0.25) is 15.0 Å². The molecular formula is C12H11N3O3. The lowest BCUT2D eigenvalue weighted by Crippen LogP contribution is -2.05. The highest BCUT2D eigenvalue weighted by atomic mass is 16.6. The second-order valence-electron chi connectivity index (χ2n) is 3.50. The van der Waals surface area contributed by atoms with Crippen LogP contribution in [-0.2, 0) is 11.4 Å². The number of rotatable bonds is 5. The van der Waals surface area contributed by atoms with Crippen molar-refractivity contribution < 1.29 is 9.76 Å². The van der Waals surface area contributed by atoms with Crippen LogP contribution in [0.4, 0.5) is 11.5 Å². The van der Waals surface area contributed by atoms with Crippen LogP contribution in [0.3, 0.4) is 0 Å². The summed E-state index contributed by atoms with van der Waals surface area (Å²) in [6, 6.07) is 12.3. The second kappa shape index (κ2) is 5.74. The molecule has 1 heterocycles. The van der Waals surface area contributed by atoms with Gasteiger partial charge in [0.25, 0.3) is 0 Å². The van der Waals surface area contributed by atoms with E-state index in [1.807, 2.05) is 30.3 Å². The maximum Gasteiger partial charge on any atom is 0.313 e. The normalized spacial score (nSPS) is 10.0. The summed E-state index contributed by atoms with van der Waals surface area (Å²) in [6.45, 7) is 0.300. The van der Waals surface area contributed by atoms with E-state index in [-0.39, 0.29) is 11.5 Å². The molecule has 0 saturated heterocycles. The van der Waals surface area contributed by atoms with Gasteiger partial charge in [-0.1, -0.05) is 30.3 Å². The Hall–Kier alpha value is -2.47. The lowest BCUT2D eigenvalue weighted by atomic mass is 10.2. The lowest BCUT2D eigenvalue weighted by Gasteiger charge is -2.06. The molecular weight excluding hydrogens is 234 g/mol. The molecule has 0 amide bonds. The summed E-state index contributed by atoms with van der Waals surface area (Å²) in [5.41, 5.74) is 3.33. The van der Waals surface area contributed by atoms with Crippen molar-refractivity contribution in [2.75, 3.05) is 5.48 Å². The zero-order chi connectivity index (χ0) is 12.8. The zero-order valence-electron chi connectivity index (χ0n) is 9.45. The van der Waals surface area contributed by atoms with E-state index in [9.17, 15) is 10.1 Å². The zero-order valence-corrected chi connectivity index (χ0v) is 9.45. The quantitative estimate of drug-likeness (QED) is 0.647. The summed E-state index contributed by atoms with van der Waals surface area (Å²) in [5, 5.41) is 10.7. The molecule has 2 rings (SSSR count). The summed E-state index contributed by atoms with van der Waals surface area (Å²) in [7, 11) is 0. The first-order valence-electron chi connectivity index (χ1n) is 5.28. The number of nitro groups is 1. The highest BCUT2D eigenvalue weighted by Crippen LogP contribution is 2.20. The van der Waals surface area contributed by atoms with Gasteiger partial charge in [0, 0.05) is 12.3 Å². The molecule has 0 bridgehead atoms. The number of pyridine rings is 1. The molecule has 0 atom stereocenters. The van der Waals surface area contributed by atoms with Crippen molar-refractivity contribution in [1.29, 1.82) is 0 Å². The number of nitrogens with one attached hydrogen (secondary N) is 1. The Labute approximate surface area is 103 Å². The van der Waals surface area contributed by atoms with E-state index in [1.54, 1.807) is 0 Å². The van der Waals surface area contributed by atoms with E-state index in [1.165, 1.54) is 18.3 Å². The minimum absolute atomic E-state index is 0.0958. The molecule has 1 aromatic carbocycles. The van der Waals surface area contributed by atoms with Crippen LogP contribution < -0.4 is 5.48 Å². The molecule has 0 spiro atoms. The van der Waals surface area contributed by atoms with Gasteiger partial charge in [-0.25, -0.2) is 10.5 Å². The van der Waals surface area contributed by atoms with Gasteiger partial charge >= 0.3 is 5.69 Å². The number of hydrogen-bond donors (Lipinski definition) is 1. The van der Waals surface area contributed by atoms with Gasteiger partial charge in [0.2, 0.25) is 5.82 Å². The third-order valence-electron chi connectivity index (χ3n) is 2.23. The monoisotopic (exact) mass is 245 g/mol. The number of aromatic nitrogens is 1. The predicted molar refractivity (Wildman–Crippen MR) is 65.7 cm³/mol. The standard InChI is InChI=1S/C12H11N3O3/c16-15(17)11-7-4-8-13-12(11)14-18-9-10-5-2-1-3-6-10/h1-8H,9H2,(H,13,14). The fourth-order valence-electron chi connectivity index (χ4n) is 1.38. The van der Waals surface area contributed by atoms with E-state index < -0.39 is 4.92 Å². The molecule has 0 saturated carbocycles. The molecule has 1 aromatic heterocycles. The Morgan fingerprint density at radius 3 is 2.72 bits per heavy atom. The van der Waals surface area contributed by atoms with Crippen molar-refractivity contribution in [3.05, 3.63) is 64.3 Å². The van der Waals surface area contributed by atoms with Crippen molar-refractivity contribution in [2.45, 2.75) is 6.61 Å².